The van der Waals surface area contributed by atoms with Crippen LogP contribution in [-0.4, -0.2) is 29.5 Å². The molecule has 31 heavy (non-hydrogen) atoms. The maximum Gasteiger partial charge on any atom is 0.223 e. The van der Waals surface area contributed by atoms with E-state index in [0.29, 0.717) is 23.6 Å². The van der Waals surface area contributed by atoms with E-state index < -0.39 is 0 Å². The monoisotopic (exact) mass is 411 g/mol. The third kappa shape index (κ3) is 3.59. The molecule has 5 aromatic rings. The summed E-state index contributed by atoms with van der Waals surface area (Å²) in [5.41, 5.74) is 11.5. The molecule has 0 atom stereocenters. The average Bonchev–Trinajstić information content (AvgIpc) is 3.19. The fraction of sp³-hybridized carbons (Fsp3) is 0.0870. The normalized spacial score (nSPS) is 11.2. The van der Waals surface area contributed by atoms with Crippen LogP contribution < -0.4 is 5.73 Å². The second-order valence-electron chi connectivity index (χ2n) is 7.15. The minimum absolute atomic E-state index is 0.198. The van der Waals surface area contributed by atoms with Crippen molar-refractivity contribution >= 4 is 11.6 Å². The third-order valence-corrected chi connectivity index (χ3v) is 4.92. The van der Waals surface area contributed by atoms with E-state index in [1.54, 1.807) is 24.5 Å². The highest BCUT2D eigenvalue weighted by atomic mass is 19.1. The van der Waals surface area contributed by atoms with Crippen LogP contribution in [0.1, 0.15) is 17.2 Å². The molecule has 4 aromatic heterocycles. The second kappa shape index (κ2) is 7.56. The van der Waals surface area contributed by atoms with E-state index in [2.05, 4.69) is 20.1 Å². The van der Waals surface area contributed by atoms with Gasteiger partial charge in [-0.15, -0.1) is 5.10 Å². The predicted molar refractivity (Wildman–Crippen MR) is 116 cm³/mol. The van der Waals surface area contributed by atoms with E-state index in [1.807, 2.05) is 37.3 Å². The first kappa shape index (κ1) is 18.8. The quantitative estimate of drug-likeness (QED) is 0.482. The first-order chi connectivity index (χ1) is 15.1. The molecule has 0 saturated heterocycles. The Morgan fingerprint density at radius 2 is 1.77 bits per heavy atom. The minimum Gasteiger partial charge on any atom is -0.368 e. The van der Waals surface area contributed by atoms with Crippen molar-refractivity contribution in [2.45, 2.75) is 13.3 Å². The van der Waals surface area contributed by atoms with Gasteiger partial charge in [0.25, 0.3) is 0 Å². The number of aromatic nitrogens is 6. The van der Waals surface area contributed by atoms with Gasteiger partial charge in [0.15, 0.2) is 11.5 Å². The Kier molecular flexibility index (Phi) is 4.59. The number of anilines is 1. The lowest BCUT2D eigenvalue weighted by Gasteiger charge is -2.12. The van der Waals surface area contributed by atoms with Crippen molar-refractivity contribution < 1.29 is 4.39 Å². The Morgan fingerprint density at radius 3 is 2.52 bits per heavy atom. The highest BCUT2D eigenvalue weighted by Gasteiger charge is 2.20. The molecule has 0 aliphatic rings. The Hall–Kier alpha value is -4.20. The third-order valence-electron chi connectivity index (χ3n) is 4.92. The standard InChI is InChI=1S/C23H18FN7/c1-14-12-16(9-11-26-14)20-21(15-5-7-17(24)8-6-15)29-23(25)31-22(20)28-19(30-31)13-18-4-2-3-10-27-18/h2-12H,13H2,1H3,(H2,25,29). The molecule has 4 heterocycles. The van der Waals surface area contributed by atoms with Crippen molar-refractivity contribution in [2.75, 3.05) is 5.73 Å². The Bertz CT molecular complexity index is 1380. The Labute approximate surface area is 177 Å². The van der Waals surface area contributed by atoms with Crippen LogP contribution in [0, 0.1) is 12.7 Å². The number of nitrogen functional groups attached to an aromatic ring is 1. The molecule has 1 aromatic carbocycles. The molecule has 5 rings (SSSR count). The van der Waals surface area contributed by atoms with Gasteiger partial charge in [-0.2, -0.15) is 4.52 Å². The number of rotatable bonds is 4. The molecule has 0 aliphatic heterocycles. The number of nitrogens with zero attached hydrogens (tertiary/aromatic N) is 6. The fourth-order valence-corrected chi connectivity index (χ4v) is 3.52. The highest BCUT2D eigenvalue weighted by Crippen LogP contribution is 2.35. The van der Waals surface area contributed by atoms with E-state index in [9.17, 15) is 4.39 Å². The van der Waals surface area contributed by atoms with Gasteiger partial charge in [-0.25, -0.2) is 14.4 Å². The summed E-state index contributed by atoms with van der Waals surface area (Å²) in [4.78, 5) is 18.0. The molecular formula is C23H18FN7. The number of hydrogen-bond donors (Lipinski definition) is 1. The molecule has 0 unspecified atom stereocenters. The maximum atomic E-state index is 13.5. The predicted octanol–water partition coefficient (Wildman–Crippen LogP) is 3.87. The Balaban J connectivity index is 1.76. The topological polar surface area (TPSA) is 94.9 Å². The molecule has 7 nitrogen and oxygen atoms in total. The lowest BCUT2D eigenvalue weighted by atomic mass is 10.0. The number of fused-ring (bicyclic) bond motifs is 1. The van der Waals surface area contributed by atoms with E-state index in [-0.39, 0.29) is 11.8 Å². The van der Waals surface area contributed by atoms with E-state index in [1.165, 1.54) is 16.6 Å². The van der Waals surface area contributed by atoms with E-state index >= 15 is 0 Å². The molecular weight excluding hydrogens is 393 g/mol. The molecule has 0 spiro atoms. The maximum absolute atomic E-state index is 13.5. The summed E-state index contributed by atoms with van der Waals surface area (Å²) in [7, 11) is 0. The van der Waals surface area contributed by atoms with Crippen LogP contribution in [-0.2, 0) is 6.42 Å². The van der Waals surface area contributed by atoms with Gasteiger partial charge in [0.2, 0.25) is 5.95 Å². The smallest absolute Gasteiger partial charge is 0.223 e. The summed E-state index contributed by atoms with van der Waals surface area (Å²) in [5, 5.41) is 4.57. The molecule has 0 aliphatic carbocycles. The molecule has 0 amide bonds. The summed E-state index contributed by atoms with van der Waals surface area (Å²) in [6.45, 7) is 1.92. The summed E-state index contributed by atoms with van der Waals surface area (Å²) in [5.74, 6) is 0.457. The van der Waals surface area contributed by atoms with Gasteiger partial charge in [0.05, 0.1) is 17.7 Å². The van der Waals surface area contributed by atoms with Gasteiger partial charge in [0, 0.05) is 29.3 Å². The summed E-state index contributed by atoms with van der Waals surface area (Å²) < 4.78 is 15.1. The molecule has 0 saturated carbocycles. The average molecular weight is 411 g/mol. The van der Waals surface area contributed by atoms with E-state index in [0.717, 1.165) is 28.1 Å². The molecule has 8 heteroatoms. The lowest BCUT2D eigenvalue weighted by molar-refractivity contribution is 0.628. The van der Waals surface area contributed by atoms with Crippen LogP contribution in [0.4, 0.5) is 10.3 Å². The number of halogens is 1. The lowest BCUT2D eigenvalue weighted by Crippen LogP contribution is -2.06. The summed E-state index contributed by atoms with van der Waals surface area (Å²) in [6, 6.07) is 15.7. The summed E-state index contributed by atoms with van der Waals surface area (Å²) >= 11 is 0. The first-order valence-electron chi connectivity index (χ1n) is 9.72. The largest absolute Gasteiger partial charge is 0.368 e. The Morgan fingerprint density at radius 1 is 0.935 bits per heavy atom. The van der Waals surface area contributed by atoms with Crippen LogP contribution in [0.2, 0.25) is 0 Å². The van der Waals surface area contributed by atoms with Crippen molar-refractivity contribution in [3.8, 4) is 22.4 Å². The van der Waals surface area contributed by atoms with Crippen LogP contribution in [0.5, 0.6) is 0 Å². The molecule has 0 bridgehead atoms. The van der Waals surface area contributed by atoms with Crippen LogP contribution in [0.15, 0.2) is 67.0 Å². The number of nitrogens with two attached hydrogens (primary N) is 1. The van der Waals surface area contributed by atoms with Gasteiger partial charge < -0.3 is 5.73 Å². The van der Waals surface area contributed by atoms with Gasteiger partial charge in [0.1, 0.15) is 5.82 Å². The minimum atomic E-state index is -0.320. The first-order valence-corrected chi connectivity index (χ1v) is 9.72. The van der Waals surface area contributed by atoms with Crippen LogP contribution in [0.25, 0.3) is 28.0 Å². The van der Waals surface area contributed by atoms with Crippen LogP contribution >= 0.6 is 0 Å². The number of hydrogen-bond acceptors (Lipinski definition) is 6. The zero-order valence-electron chi connectivity index (χ0n) is 16.7. The van der Waals surface area contributed by atoms with Crippen molar-refractivity contribution in [1.82, 2.24) is 29.5 Å². The number of benzene rings is 1. The van der Waals surface area contributed by atoms with Crippen molar-refractivity contribution in [3.05, 3.63) is 90.0 Å². The van der Waals surface area contributed by atoms with Gasteiger partial charge in [-0.1, -0.05) is 6.07 Å². The zero-order valence-corrected chi connectivity index (χ0v) is 16.7. The molecule has 152 valence electrons. The zero-order chi connectivity index (χ0) is 21.4. The van der Waals surface area contributed by atoms with Crippen molar-refractivity contribution in [1.29, 1.82) is 0 Å². The van der Waals surface area contributed by atoms with Crippen LogP contribution in [0.3, 0.4) is 0 Å². The number of aryl methyl sites for hydroxylation is 1. The fourth-order valence-electron chi connectivity index (χ4n) is 3.52. The van der Waals surface area contributed by atoms with Gasteiger partial charge in [-0.3, -0.25) is 9.97 Å². The van der Waals surface area contributed by atoms with Crippen molar-refractivity contribution in [3.63, 3.8) is 0 Å². The number of pyridine rings is 2. The SMILES string of the molecule is Cc1cc(-c2c(-c3ccc(F)cc3)nc(N)n3nc(Cc4ccccn4)nc23)ccn1. The van der Waals surface area contributed by atoms with E-state index in [4.69, 9.17) is 10.7 Å². The van der Waals surface area contributed by atoms with Gasteiger partial charge >= 0.3 is 0 Å². The molecule has 2 N–H and O–H groups in total. The van der Waals surface area contributed by atoms with Crippen molar-refractivity contribution in [2.24, 2.45) is 0 Å². The molecule has 0 radical (unpaired) electrons. The highest BCUT2D eigenvalue weighted by molar-refractivity contribution is 5.90. The van der Waals surface area contributed by atoms with Gasteiger partial charge in [-0.05, 0) is 61.0 Å². The summed E-state index contributed by atoms with van der Waals surface area (Å²) in [6.07, 6.45) is 3.93. The second-order valence-corrected chi connectivity index (χ2v) is 7.15. The molecule has 0 fully saturated rings.